The van der Waals surface area contributed by atoms with Crippen molar-refractivity contribution in [3.8, 4) is 22.5 Å². The summed E-state index contributed by atoms with van der Waals surface area (Å²) in [6.45, 7) is 14.3. The number of aryl methyl sites for hydroxylation is 1. The number of aromatic nitrogens is 3. The molecule has 3 saturated heterocycles. The molecule has 4 aromatic rings. The number of hydrogen-bond donors (Lipinski definition) is 2. The summed E-state index contributed by atoms with van der Waals surface area (Å²) in [5.74, 6) is -1.56. The van der Waals surface area contributed by atoms with Crippen molar-refractivity contribution in [2.45, 2.75) is 103 Å². The van der Waals surface area contributed by atoms with E-state index in [1.807, 2.05) is 19.1 Å². The fourth-order valence-corrected chi connectivity index (χ4v) is 10.3. The second-order valence-electron chi connectivity index (χ2n) is 19.3. The van der Waals surface area contributed by atoms with Gasteiger partial charge in [-0.15, -0.1) is 0 Å². The molecule has 3 fully saturated rings. The third-order valence-corrected chi connectivity index (χ3v) is 14.0. The van der Waals surface area contributed by atoms with Gasteiger partial charge in [-0.25, -0.2) is 15.2 Å². The van der Waals surface area contributed by atoms with Crippen molar-refractivity contribution in [2.24, 2.45) is 5.41 Å². The maximum Gasteiger partial charge on any atom is 0.324 e. The molecule has 6 bridgehead atoms. The highest BCUT2D eigenvalue weighted by Gasteiger charge is 2.53. The quantitative estimate of drug-likeness (QED) is 0.136. The van der Waals surface area contributed by atoms with Crippen molar-refractivity contribution in [1.29, 1.82) is 0 Å². The molecule has 2 N–H and O–H groups in total. The van der Waals surface area contributed by atoms with Crippen LogP contribution in [0.2, 0.25) is 0 Å². The number of methoxy groups -OCH3 is 1. The number of nitrogens with zero attached hydrogens (tertiary/aromatic N) is 8. The summed E-state index contributed by atoms with van der Waals surface area (Å²) >= 11 is 0. The summed E-state index contributed by atoms with van der Waals surface area (Å²) in [5, 5.41) is 5.30. The van der Waals surface area contributed by atoms with Crippen LogP contribution in [0.25, 0.3) is 33.4 Å². The number of hydrogen-bond acceptors (Lipinski definition) is 12. The highest BCUT2D eigenvalue weighted by Crippen LogP contribution is 2.43. The van der Waals surface area contributed by atoms with E-state index in [0.717, 1.165) is 45.4 Å². The fourth-order valence-electron chi connectivity index (χ4n) is 10.3. The smallest absolute Gasteiger partial charge is 0.324 e. The van der Waals surface area contributed by atoms with Gasteiger partial charge in [0.1, 0.15) is 24.0 Å². The molecule has 67 heavy (non-hydrogen) atoms. The van der Waals surface area contributed by atoms with Crippen LogP contribution in [0, 0.1) is 5.41 Å². The van der Waals surface area contributed by atoms with Gasteiger partial charge >= 0.3 is 12.0 Å². The molecule has 0 radical (unpaired) electrons. The van der Waals surface area contributed by atoms with Crippen molar-refractivity contribution < 1.29 is 37.9 Å². The number of urea groups is 1. The fraction of sp³-hybridized carbons (Fsp3) is 0.531. The third-order valence-electron chi connectivity index (χ3n) is 14.0. The van der Waals surface area contributed by atoms with E-state index >= 15 is 0 Å². The average Bonchev–Trinajstić information content (AvgIpc) is 4.06. The Morgan fingerprint density at radius 3 is 2.60 bits per heavy atom. The first-order chi connectivity index (χ1) is 32.0. The van der Waals surface area contributed by atoms with Crippen molar-refractivity contribution >= 4 is 40.6 Å². The van der Waals surface area contributed by atoms with Crippen LogP contribution in [-0.2, 0) is 48.0 Å². The van der Waals surface area contributed by atoms with Crippen LogP contribution in [0.4, 0.5) is 4.79 Å². The van der Waals surface area contributed by atoms with E-state index in [2.05, 4.69) is 60.9 Å². The third kappa shape index (κ3) is 9.05. The van der Waals surface area contributed by atoms with Crippen molar-refractivity contribution in [3.05, 3.63) is 72.6 Å². The number of pyridine rings is 1. The van der Waals surface area contributed by atoms with Crippen LogP contribution in [0.5, 0.6) is 0 Å². The molecule has 1 spiro atoms. The van der Waals surface area contributed by atoms with Crippen molar-refractivity contribution in [1.82, 2.24) is 49.9 Å². The molecule has 358 valence electrons. The van der Waals surface area contributed by atoms with Gasteiger partial charge in [0.25, 0.3) is 11.8 Å². The Morgan fingerprint density at radius 1 is 1.12 bits per heavy atom. The number of oxazole rings is 1. The van der Waals surface area contributed by atoms with Gasteiger partial charge in [-0.1, -0.05) is 26.5 Å². The highest BCUT2D eigenvalue weighted by atomic mass is 16.5. The predicted octanol–water partition coefficient (Wildman–Crippen LogP) is 4.54. The monoisotopic (exact) mass is 920 g/mol. The highest BCUT2D eigenvalue weighted by molar-refractivity contribution is 5.95. The minimum Gasteiger partial charge on any atom is -0.464 e. The van der Waals surface area contributed by atoms with Gasteiger partial charge in [0.05, 0.1) is 36.1 Å². The zero-order valence-electron chi connectivity index (χ0n) is 40.0. The van der Waals surface area contributed by atoms with Crippen LogP contribution in [0.3, 0.4) is 0 Å². The first-order valence-corrected chi connectivity index (χ1v) is 23.2. The zero-order chi connectivity index (χ0) is 47.9. The SMILES string of the molecule is C=CC(=O)N1CC[C@]2(CCN2C(=O)N(C)[C@H](C(=O)N[C@H]2Cc3nc(co3)-c3ccc4c(c3)c(c(-c3cccnc3[C@H](C)OC)n4CC)CC(C)(C)COC(=O)[C@@H]3CCCN(N3)C2=O)N(C)C)C1. The maximum atomic E-state index is 14.6. The number of carbonyl (C=O) groups excluding carboxylic acids is 5. The summed E-state index contributed by atoms with van der Waals surface area (Å²) < 4.78 is 20.3. The van der Waals surface area contributed by atoms with E-state index in [4.69, 9.17) is 23.9 Å². The average molecular weight is 921 g/mol. The molecular weight excluding hydrogens is 857 g/mol. The lowest BCUT2D eigenvalue weighted by Gasteiger charge is -2.52. The van der Waals surface area contributed by atoms with Gasteiger partial charge < -0.3 is 38.5 Å². The lowest BCUT2D eigenvalue weighted by atomic mass is 9.84. The van der Waals surface area contributed by atoms with E-state index in [0.29, 0.717) is 57.6 Å². The van der Waals surface area contributed by atoms with Crippen LogP contribution in [0.1, 0.15) is 76.6 Å². The van der Waals surface area contributed by atoms with E-state index in [9.17, 15) is 24.0 Å². The number of ether oxygens (including phenoxy) is 2. The largest absolute Gasteiger partial charge is 0.464 e. The van der Waals surface area contributed by atoms with E-state index in [1.165, 1.54) is 16.0 Å². The number of esters is 1. The minimum absolute atomic E-state index is 0.109. The zero-order valence-corrected chi connectivity index (χ0v) is 40.0. The number of fused-ring (bicyclic) bond motifs is 6. The molecule has 0 aliphatic carbocycles. The molecule has 3 aromatic heterocycles. The maximum absolute atomic E-state index is 14.6. The summed E-state index contributed by atoms with van der Waals surface area (Å²) in [5.41, 5.74) is 8.23. The lowest BCUT2D eigenvalue weighted by molar-refractivity contribution is -0.155. The lowest BCUT2D eigenvalue weighted by Crippen LogP contribution is -2.69. The summed E-state index contributed by atoms with van der Waals surface area (Å²) in [7, 11) is 6.61. The number of hydrazine groups is 1. The predicted molar refractivity (Wildman–Crippen MR) is 250 cm³/mol. The van der Waals surface area contributed by atoms with E-state index in [1.54, 1.807) is 55.4 Å². The van der Waals surface area contributed by atoms with Gasteiger partial charge in [0.2, 0.25) is 5.91 Å². The van der Waals surface area contributed by atoms with Crippen LogP contribution in [0.15, 0.2) is 59.9 Å². The van der Waals surface area contributed by atoms with Crippen molar-refractivity contribution in [2.75, 3.05) is 61.0 Å². The molecule has 5 atom stereocenters. The first kappa shape index (κ1) is 47.4. The Hall–Kier alpha value is -6.11. The number of likely N-dealkylation sites (tertiary alicyclic amines) is 2. The molecule has 4 aliphatic rings. The number of rotatable bonds is 9. The Kier molecular flexibility index (Phi) is 13.4. The molecule has 18 heteroatoms. The molecule has 18 nitrogen and oxygen atoms in total. The molecule has 5 amide bonds. The Labute approximate surface area is 391 Å². The van der Waals surface area contributed by atoms with Gasteiger partial charge in [-0.05, 0) is 96.0 Å². The second-order valence-corrected chi connectivity index (χ2v) is 19.3. The van der Waals surface area contributed by atoms with Gasteiger partial charge in [-0.2, -0.15) is 0 Å². The van der Waals surface area contributed by atoms with Crippen LogP contribution in [-0.4, -0.2) is 154 Å². The van der Waals surface area contributed by atoms with E-state index in [-0.39, 0.29) is 43.5 Å². The summed E-state index contributed by atoms with van der Waals surface area (Å²) in [6.07, 6.45) is 5.94. The molecule has 4 aliphatic heterocycles. The van der Waals surface area contributed by atoms with E-state index < -0.39 is 47.0 Å². The number of likely N-dealkylation sites (N-methyl/N-ethyl adjacent to an activating group) is 2. The summed E-state index contributed by atoms with van der Waals surface area (Å²) in [6, 6.07) is 7.78. The molecule has 0 unspecified atom stereocenters. The van der Waals surface area contributed by atoms with Crippen LogP contribution < -0.4 is 10.7 Å². The van der Waals surface area contributed by atoms with Gasteiger partial charge in [0, 0.05) is 80.5 Å². The molecular formula is C49H64N10O8. The number of nitrogens with one attached hydrogen (secondary N) is 2. The van der Waals surface area contributed by atoms with Crippen LogP contribution >= 0.6 is 0 Å². The molecule has 1 aromatic carbocycles. The number of cyclic esters (lactones) is 1. The first-order valence-electron chi connectivity index (χ1n) is 23.2. The minimum atomic E-state index is -1.22. The Bertz CT molecular complexity index is 2570. The summed E-state index contributed by atoms with van der Waals surface area (Å²) in [4.78, 5) is 85.8. The Balaban J connectivity index is 1.14. The standard InChI is InChI=1S/C49H64N10O8/c1-10-40(60)56-22-18-49(28-56)19-23-58(49)47(64)55(8)44(54(6)7)43(61)52-36-25-39-51-37(27-66-39)31-16-17-38-33(24-31)34(42(57(38)11-2)32-14-12-20-50-41(32)30(3)65-9)26-48(4,5)29-67-46(63)35-15-13-21-59(53-35)45(36)62/h10,12,14,16-17,20,24,27,30,35-36,44,53H,1,11,13,15,18-19,21-23,25-26,28-29H2,2-9H3,(H,52,61)/t30-,35-,36-,44+,49-/m0/s1. The topological polar surface area (TPSA) is 188 Å². The second kappa shape index (κ2) is 18.9. The number of carbonyl (C=O) groups is 5. The van der Waals surface area contributed by atoms with Gasteiger partial charge in [-0.3, -0.25) is 34.1 Å². The molecule has 7 heterocycles. The van der Waals surface area contributed by atoms with Crippen molar-refractivity contribution in [3.63, 3.8) is 0 Å². The number of benzene rings is 1. The molecule has 8 rings (SSSR count). The van der Waals surface area contributed by atoms with Gasteiger partial charge in [0.15, 0.2) is 12.1 Å². The molecule has 0 saturated carbocycles. The number of amides is 5. The normalized spacial score (nSPS) is 22.9. The Morgan fingerprint density at radius 2 is 1.90 bits per heavy atom.